The highest BCUT2D eigenvalue weighted by Gasteiger charge is 2.20. The first kappa shape index (κ1) is 23.0. The molecule has 0 aliphatic rings. The Balaban J connectivity index is 1.89. The van der Waals surface area contributed by atoms with Gasteiger partial charge >= 0.3 is 5.97 Å². The number of nitrogens with one attached hydrogen (secondary N) is 2. The number of aryl methyl sites for hydroxylation is 2. The van der Waals surface area contributed by atoms with Crippen LogP contribution in [-0.4, -0.2) is 29.2 Å². The zero-order valence-electron chi connectivity index (χ0n) is 18.2. The van der Waals surface area contributed by atoms with Crippen molar-refractivity contribution < 1.29 is 14.3 Å². The number of nitrogens with zero attached hydrogens (tertiary/aromatic N) is 2. The van der Waals surface area contributed by atoms with Crippen LogP contribution >= 0.6 is 11.3 Å². The van der Waals surface area contributed by atoms with Crippen molar-refractivity contribution in [2.45, 2.75) is 33.1 Å². The highest BCUT2D eigenvalue weighted by atomic mass is 32.1. The first-order valence-electron chi connectivity index (χ1n) is 10.3. The highest BCUT2D eigenvalue weighted by Crippen LogP contribution is 2.30. The van der Waals surface area contributed by atoms with Gasteiger partial charge in [0.25, 0.3) is 5.91 Å². The summed E-state index contributed by atoms with van der Waals surface area (Å²) in [6.45, 7) is 4.12. The molecule has 164 valence electrons. The van der Waals surface area contributed by atoms with Crippen LogP contribution in [0.15, 0.2) is 42.1 Å². The molecule has 0 spiro atoms. The fraction of sp³-hybridized carbons (Fsp3) is 0.250. The first-order valence-corrected chi connectivity index (χ1v) is 11.1. The van der Waals surface area contributed by atoms with Crippen LogP contribution in [0.5, 0.6) is 0 Å². The Bertz CT molecular complexity index is 1180. The summed E-state index contributed by atoms with van der Waals surface area (Å²) < 4.78 is 4.83. The van der Waals surface area contributed by atoms with E-state index in [1.165, 1.54) is 30.1 Å². The lowest BCUT2D eigenvalue weighted by atomic mass is 10.0. The van der Waals surface area contributed by atoms with Gasteiger partial charge < -0.3 is 10.1 Å². The predicted octanol–water partition coefficient (Wildman–Crippen LogP) is 4.99. The van der Waals surface area contributed by atoms with E-state index >= 15 is 0 Å². The Hall–Kier alpha value is -3.70. The lowest BCUT2D eigenvalue weighted by Crippen LogP contribution is -2.15. The molecule has 2 aromatic heterocycles. The molecule has 0 radical (unpaired) electrons. The number of hydrogen-bond acceptors (Lipinski definition) is 6. The highest BCUT2D eigenvalue weighted by molar-refractivity contribution is 7.16. The first-order chi connectivity index (χ1) is 15.5. The summed E-state index contributed by atoms with van der Waals surface area (Å²) in [6.07, 6.45) is 5.67. The average molecular weight is 449 g/mol. The maximum Gasteiger partial charge on any atom is 0.340 e. The number of aromatic nitrogens is 2. The van der Waals surface area contributed by atoms with E-state index < -0.39 is 11.9 Å². The monoisotopic (exact) mass is 448 g/mol. The number of esters is 1. The van der Waals surface area contributed by atoms with Crippen molar-refractivity contribution in [3.05, 3.63) is 63.7 Å². The largest absolute Gasteiger partial charge is 0.465 e. The standard InChI is InChI=1S/C24H24N4O3S/c1-4-6-19-12-20(24(30)31-3)23(32-19)27-22(29)17(13-25)11-18-14-26-28-21(18)16-9-7-15(5-2)8-10-16/h7-12,14H,4-6H2,1-3H3,(H,26,28)(H,27,29)/b17-11+. The van der Waals surface area contributed by atoms with Crippen LogP contribution in [0.3, 0.4) is 0 Å². The average Bonchev–Trinajstić information content (AvgIpc) is 3.44. The third-order valence-corrected chi connectivity index (χ3v) is 6.01. The molecule has 0 unspecified atom stereocenters. The normalized spacial score (nSPS) is 11.1. The zero-order chi connectivity index (χ0) is 23.1. The minimum atomic E-state index is -0.601. The minimum absolute atomic E-state index is 0.0981. The van der Waals surface area contributed by atoms with Gasteiger partial charge in [-0.1, -0.05) is 44.5 Å². The maximum atomic E-state index is 12.9. The van der Waals surface area contributed by atoms with E-state index in [9.17, 15) is 14.9 Å². The van der Waals surface area contributed by atoms with Crippen molar-refractivity contribution in [2.24, 2.45) is 0 Å². The molecule has 1 aromatic carbocycles. The molecule has 3 rings (SSSR count). The van der Waals surface area contributed by atoms with Crippen molar-refractivity contribution in [1.82, 2.24) is 10.2 Å². The fourth-order valence-corrected chi connectivity index (χ4v) is 4.32. The molecular weight excluding hydrogens is 424 g/mol. The van der Waals surface area contributed by atoms with E-state index in [0.717, 1.165) is 29.7 Å². The maximum absolute atomic E-state index is 12.9. The van der Waals surface area contributed by atoms with Crippen LogP contribution in [0.2, 0.25) is 0 Å². The number of nitriles is 1. The molecule has 0 bridgehead atoms. The quantitative estimate of drug-likeness (QED) is 0.287. The summed E-state index contributed by atoms with van der Waals surface area (Å²) >= 11 is 1.31. The summed E-state index contributed by atoms with van der Waals surface area (Å²) in [4.78, 5) is 25.9. The van der Waals surface area contributed by atoms with Crippen LogP contribution in [0, 0.1) is 11.3 Å². The summed E-state index contributed by atoms with van der Waals surface area (Å²) in [7, 11) is 1.29. The number of carbonyl (C=O) groups excluding carboxylic acids is 2. The summed E-state index contributed by atoms with van der Waals surface area (Å²) in [5, 5.41) is 19.7. The number of thiophene rings is 1. The van der Waals surface area contributed by atoms with Crippen LogP contribution in [0.4, 0.5) is 5.00 Å². The van der Waals surface area contributed by atoms with Crippen molar-refractivity contribution >= 4 is 34.3 Å². The molecule has 0 fully saturated rings. The molecule has 1 amide bonds. The number of methoxy groups -OCH3 is 1. The topological polar surface area (TPSA) is 108 Å². The second-order valence-corrected chi connectivity index (χ2v) is 8.21. The third kappa shape index (κ3) is 5.13. The van der Waals surface area contributed by atoms with Gasteiger partial charge in [0.2, 0.25) is 0 Å². The van der Waals surface area contributed by atoms with Crippen LogP contribution in [0.25, 0.3) is 17.3 Å². The molecule has 2 N–H and O–H groups in total. The van der Waals surface area contributed by atoms with E-state index in [-0.39, 0.29) is 11.1 Å². The fourth-order valence-electron chi connectivity index (χ4n) is 3.18. The number of anilines is 1. The molecule has 0 aliphatic heterocycles. The smallest absolute Gasteiger partial charge is 0.340 e. The third-order valence-electron chi connectivity index (χ3n) is 4.90. The Kier molecular flexibility index (Phi) is 7.58. The molecule has 0 saturated heterocycles. The molecule has 2 heterocycles. The molecule has 0 aliphatic carbocycles. The molecule has 8 heteroatoms. The van der Waals surface area contributed by atoms with Gasteiger partial charge in [-0.2, -0.15) is 10.4 Å². The van der Waals surface area contributed by atoms with E-state index in [4.69, 9.17) is 4.74 Å². The Morgan fingerprint density at radius 1 is 1.28 bits per heavy atom. The minimum Gasteiger partial charge on any atom is -0.465 e. The van der Waals surface area contributed by atoms with Crippen molar-refractivity contribution in [3.8, 4) is 17.3 Å². The Morgan fingerprint density at radius 2 is 2.03 bits per heavy atom. The molecule has 32 heavy (non-hydrogen) atoms. The number of carbonyl (C=O) groups is 2. The number of rotatable bonds is 8. The second-order valence-electron chi connectivity index (χ2n) is 7.07. The number of hydrogen-bond donors (Lipinski definition) is 2. The summed E-state index contributed by atoms with van der Waals surface area (Å²) in [6, 6.07) is 11.7. The number of amides is 1. The Morgan fingerprint density at radius 3 is 2.66 bits per heavy atom. The number of benzene rings is 1. The van der Waals surface area contributed by atoms with Gasteiger partial charge in [-0.05, 0) is 30.5 Å². The van der Waals surface area contributed by atoms with Crippen LogP contribution in [-0.2, 0) is 22.4 Å². The van der Waals surface area contributed by atoms with Crippen LogP contribution < -0.4 is 5.32 Å². The van der Waals surface area contributed by atoms with Gasteiger partial charge in [0.15, 0.2) is 0 Å². The van der Waals surface area contributed by atoms with Gasteiger partial charge in [-0.3, -0.25) is 9.89 Å². The number of H-pyrrole nitrogens is 1. The second kappa shape index (κ2) is 10.6. The van der Waals surface area contributed by atoms with E-state index in [1.807, 2.05) is 37.3 Å². The van der Waals surface area contributed by atoms with Gasteiger partial charge in [0.05, 0.1) is 24.6 Å². The zero-order valence-corrected chi connectivity index (χ0v) is 19.0. The van der Waals surface area contributed by atoms with Crippen molar-refractivity contribution in [2.75, 3.05) is 12.4 Å². The van der Waals surface area contributed by atoms with Crippen molar-refractivity contribution in [1.29, 1.82) is 5.26 Å². The van der Waals surface area contributed by atoms with Gasteiger partial charge in [-0.15, -0.1) is 11.3 Å². The molecule has 7 nitrogen and oxygen atoms in total. The molecule has 0 saturated carbocycles. The molecule has 3 aromatic rings. The SMILES string of the molecule is CCCc1cc(C(=O)OC)c(NC(=O)/C(C#N)=C/c2cn[nH]c2-c2ccc(CC)cc2)s1. The summed E-state index contributed by atoms with van der Waals surface area (Å²) in [5.74, 6) is -1.13. The predicted molar refractivity (Wildman–Crippen MR) is 125 cm³/mol. The lowest BCUT2D eigenvalue weighted by Gasteiger charge is -2.05. The Labute approximate surface area is 190 Å². The van der Waals surface area contributed by atoms with E-state index in [0.29, 0.717) is 16.3 Å². The molecule has 0 atom stereocenters. The van der Waals surface area contributed by atoms with E-state index in [2.05, 4.69) is 22.4 Å². The van der Waals surface area contributed by atoms with Crippen LogP contribution in [0.1, 0.15) is 46.6 Å². The summed E-state index contributed by atoms with van der Waals surface area (Å²) in [5.41, 5.74) is 3.63. The lowest BCUT2D eigenvalue weighted by molar-refractivity contribution is -0.112. The number of ether oxygens (including phenoxy) is 1. The van der Waals surface area contributed by atoms with Crippen molar-refractivity contribution in [3.63, 3.8) is 0 Å². The van der Waals surface area contributed by atoms with Gasteiger partial charge in [0, 0.05) is 16.0 Å². The van der Waals surface area contributed by atoms with Gasteiger partial charge in [0.1, 0.15) is 16.6 Å². The molecular formula is C24H24N4O3S. The van der Waals surface area contributed by atoms with E-state index in [1.54, 1.807) is 12.3 Å². The van der Waals surface area contributed by atoms with Gasteiger partial charge in [-0.25, -0.2) is 4.79 Å². The number of aromatic amines is 1.